The molecule has 0 spiro atoms. The van der Waals surface area contributed by atoms with E-state index in [1.54, 1.807) is 0 Å². The molecule has 2 rings (SSSR count). The number of rotatable bonds is 4. The lowest BCUT2D eigenvalue weighted by Gasteiger charge is -2.35. The van der Waals surface area contributed by atoms with Crippen molar-refractivity contribution < 1.29 is 4.79 Å². The Bertz CT molecular complexity index is 510. The summed E-state index contributed by atoms with van der Waals surface area (Å²) in [6, 6.07) is 5.61. The maximum Gasteiger partial charge on any atom is 0.230 e. The van der Waals surface area contributed by atoms with E-state index in [-0.39, 0.29) is 11.3 Å². The van der Waals surface area contributed by atoms with Crippen molar-refractivity contribution >= 4 is 28.9 Å². The largest absolute Gasteiger partial charge is 0.375 e. The molecule has 1 saturated heterocycles. The third-order valence-corrected chi connectivity index (χ3v) is 4.71. The summed E-state index contributed by atoms with van der Waals surface area (Å²) < 4.78 is 0. The highest BCUT2D eigenvalue weighted by atomic mass is 35.5. The number of anilines is 2. The summed E-state index contributed by atoms with van der Waals surface area (Å²) in [7, 11) is 3.86. The van der Waals surface area contributed by atoms with Gasteiger partial charge in [-0.2, -0.15) is 0 Å². The summed E-state index contributed by atoms with van der Waals surface area (Å²) in [5, 5.41) is 7.07. The number of nitrogens with zero attached hydrogens (tertiary/aromatic N) is 1. The number of para-hydroxylation sites is 1. The average Bonchev–Trinajstić information content (AvgIpc) is 2.47. The van der Waals surface area contributed by atoms with Crippen molar-refractivity contribution in [2.24, 2.45) is 5.41 Å². The standard InChI is InChI=1S/C16H24ClN3O/c1-4-16(8-10-18-11-9-16)15(21)19-13-7-5-6-12(17)14(13)20(2)3/h5-7,18H,4,8-11H2,1-3H3,(H,19,21). The van der Waals surface area contributed by atoms with Crippen LogP contribution in [0.1, 0.15) is 26.2 Å². The molecule has 1 aromatic carbocycles. The first-order valence-corrected chi connectivity index (χ1v) is 7.86. The Hall–Kier alpha value is -1.26. The van der Waals surface area contributed by atoms with Crippen molar-refractivity contribution in [2.45, 2.75) is 26.2 Å². The van der Waals surface area contributed by atoms with Crippen molar-refractivity contribution in [3.8, 4) is 0 Å². The third-order valence-electron chi connectivity index (χ3n) is 4.40. The van der Waals surface area contributed by atoms with Crippen molar-refractivity contribution in [1.82, 2.24) is 5.32 Å². The van der Waals surface area contributed by atoms with E-state index in [0.717, 1.165) is 43.7 Å². The zero-order chi connectivity index (χ0) is 15.5. The van der Waals surface area contributed by atoms with Gasteiger partial charge >= 0.3 is 0 Å². The zero-order valence-corrected chi connectivity index (χ0v) is 13.8. The topological polar surface area (TPSA) is 44.4 Å². The molecule has 1 amide bonds. The molecule has 0 atom stereocenters. The number of carbonyl (C=O) groups excluding carboxylic acids is 1. The first-order chi connectivity index (χ1) is 10.00. The first kappa shape index (κ1) is 16.1. The summed E-state index contributed by atoms with van der Waals surface area (Å²) in [5.41, 5.74) is 1.37. The van der Waals surface area contributed by atoms with E-state index in [0.29, 0.717) is 5.02 Å². The molecule has 2 N–H and O–H groups in total. The van der Waals surface area contributed by atoms with Gasteiger partial charge in [-0.25, -0.2) is 0 Å². The predicted molar refractivity (Wildman–Crippen MR) is 89.2 cm³/mol. The molecule has 0 radical (unpaired) electrons. The van der Waals surface area contributed by atoms with E-state index in [4.69, 9.17) is 11.6 Å². The van der Waals surface area contributed by atoms with Crippen LogP contribution in [0.25, 0.3) is 0 Å². The van der Waals surface area contributed by atoms with Gasteiger partial charge < -0.3 is 15.5 Å². The van der Waals surface area contributed by atoms with E-state index < -0.39 is 0 Å². The van der Waals surface area contributed by atoms with Crippen molar-refractivity contribution in [3.05, 3.63) is 23.2 Å². The molecule has 5 heteroatoms. The molecular formula is C16H24ClN3O. The Kier molecular flexibility index (Phi) is 5.12. The van der Waals surface area contributed by atoms with Gasteiger partial charge in [0.1, 0.15) is 0 Å². The summed E-state index contributed by atoms with van der Waals surface area (Å²) in [6.07, 6.45) is 2.62. The highest BCUT2D eigenvalue weighted by Crippen LogP contribution is 2.37. The van der Waals surface area contributed by atoms with E-state index >= 15 is 0 Å². The van der Waals surface area contributed by atoms with Gasteiger partial charge in [-0.3, -0.25) is 4.79 Å². The van der Waals surface area contributed by atoms with Gasteiger partial charge in [0.2, 0.25) is 5.91 Å². The maximum absolute atomic E-state index is 12.8. The van der Waals surface area contributed by atoms with Crippen LogP contribution in [0.3, 0.4) is 0 Å². The summed E-state index contributed by atoms with van der Waals surface area (Å²) in [5.74, 6) is 0.108. The number of nitrogens with one attached hydrogen (secondary N) is 2. The monoisotopic (exact) mass is 309 g/mol. The maximum atomic E-state index is 12.8. The quantitative estimate of drug-likeness (QED) is 0.898. The van der Waals surface area contributed by atoms with Gasteiger partial charge in [0, 0.05) is 14.1 Å². The van der Waals surface area contributed by atoms with Crippen molar-refractivity contribution in [3.63, 3.8) is 0 Å². The summed E-state index contributed by atoms with van der Waals surface area (Å²) in [6.45, 7) is 3.89. The van der Waals surface area contributed by atoms with E-state index in [2.05, 4.69) is 17.6 Å². The van der Waals surface area contributed by atoms with Crippen LogP contribution in [0.2, 0.25) is 5.02 Å². The van der Waals surface area contributed by atoms with Crippen LogP contribution in [-0.4, -0.2) is 33.1 Å². The van der Waals surface area contributed by atoms with E-state index in [1.165, 1.54) is 0 Å². The number of carbonyl (C=O) groups is 1. The zero-order valence-electron chi connectivity index (χ0n) is 13.0. The van der Waals surface area contributed by atoms with Gasteiger partial charge in [0.15, 0.2) is 0 Å². The second-order valence-electron chi connectivity index (χ2n) is 5.87. The highest BCUT2D eigenvalue weighted by molar-refractivity contribution is 6.34. The molecule has 0 aliphatic carbocycles. The Morgan fingerprint density at radius 2 is 2.05 bits per heavy atom. The van der Waals surface area contributed by atoms with Gasteiger partial charge in [-0.05, 0) is 44.5 Å². The third kappa shape index (κ3) is 3.33. The number of benzene rings is 1. The fourth-order valence-electron chi connectivity index (χ4n) is 2.97. The van der Waals surface area contributed by atoms with Gasteiger partial charge in [-0.15, -0.1) is 0 Å². The lowest BCUT2D eigenvalue weighted by molar-refractivity contribution is -0.127. The first-order valence-electron chi connectivity index (χ1n) is 7.48. The molecule has 1 heterocycles. The van der Waals surface area contributed by atoms with Crippen LogP contribution in [0.15, 0.2) is 18.2 Å². The number of hydrogen-bond acceptors (Lipinski definition) is 3. The molecule has 1 aromatic rings. The fourth-order valence-corrected chi connectivity index (χ4v) is 3.32. The average molecular weight is 310 g/mol. The molecule has 1 aliphatic heterocycles. The lowest BCUT2D eigenvalue weighted by atomic mass is 9.76. The minimum absolute atomic E-state index is 0.108. The molecule has 0 unspecified atom stereocenters. The number of hydrogen-bond donors (Lipinski definition) is 2. The molecule has 0 aromatic heterocycles. The lowest BCUT2D eigenvalue weighted by Crippen LogP contribution is -2.44. The molecule has 0 bridgehead atoms. The van der Waals surface area contributed by atoms with Crippen LogP contribution >= 0.6 is 11.6 Å². The van der Waals surface area contributed by atoms with Crippen LogP contribution in [0.4, 0.5) is 11.4 Å². The van der Waals surface area contributed by atoms with Crippen molar-refractivity contribution in [2.75, 3.05) is 37.4 Å². The molecule has 4 nitrogen and oxygen atoms in total. The van der Waals surface area contributed by atoms with Crippen LogP contribution in [-0.2, 0) is 4.79 Å². The Balaban J connectivity index is 2.25. The minimum Gasteiger partial charge on any atom is -0.375 e. The fraction of sp³-hybridized carbons (Fsp3) is 0.562. The van der Waals surface area contributed by atoms with Crippen LogP contribution in [0.5, 0.6) is 0 Å². The summed E-state index contributed by atoms with van der Waals surface area (Å²) in [4.78, 5) is 14.7. The van der Waals surface area contributed by atoms with E-state index in [9.17, 15) is 4.79 Å². The number of amides is 1. The minimum atomic E-state index is -0.267. The highest BCUT2D eigenvalue weighted by Gasteiger charge is 2.38. The van der Waals surface area contributed by atoms with E-state index in [1.807, 2.05) is 37.2 Å². The van der Waals surface area contributed by atoms with Crippen LogP contribution < -0.4 is 15.5 Å². The SMILES string of the molecule is CCC1(C(=O)Nc2cccc(Cl)c2N(C)C)CCNCC1. The Morgan fingerprint density at radius 1 is 1.38 bits per heavy atom. The molecule has 1 fully saturated rings. The molecule has 21 heavy (non-hydrogen) atoms. The van der Waals surface area contributed by atoms with Gasteiger partial charge in [-0.1, -0.05) is 24.6 Å². The summed E-state index contributed by atoms with van der Waals surface area (Å²) >= 11 is 6.26. The van der Waals surface area contributed by atoms with Crippen LogP contribution in [0, 0.1) is 5.41 Å². The normalized spacial score (nSPS) is 17.3. The smallest absolute Gasteiger partial charge is 0.230 e. The molecular weight excluding hydrogens is 286 g/mol. The second-order valence-corrected chi connectivity index (χ2v) is 6.28. The Morgan fingerprint density at radius 3 is 2.62 bits per heavy atom. The number of piperidine rings is 1. The van der Waals surface area contributed by atoms with Gasteiger partial charge in [0.25, 0.3) is 0 Å². The molecule has 116 valence electrons. The molecule has 0 saturated carbocycles. The second kappa shape index (κ2) is 6.67. The number of halogens is 1. The molecule has 1 aliphatic rings. The van der Waals surface area contributed by atoms with Gasteiger partial charge in [0.05, 0.1) is 21.8 Å². The predicted octanol–water partition coefficient (Wildman–Crippen LogP) is 3.12. The van der Waals surface area contributed by atoms with Crippen molar-refractivity contribution in [1.29, 1.82) is 0 Å². The Labute approximate surface area is 131 Å².